The average molecular weight is 282 g/mol. The second kappa shape index (κ2) is 5.78. The lowest BCUT2D eigenvalue weighted by Gasteiger charge is -2.56. The molecule has 4 fully saturated rings. The molecule has 0 N–H and O–H groups in total. The van der Waals surface area contributed by atoms with Crippen molar-refractivity contribution in [2.24, 2.45) is 29.6 Å². The fraction of sp³-hybridized carbons (Fsp3) is 0.714. The van der Waals surface area contributed by atoms with Gasteiger partial charge < -0.3 is 0 Å². The van der Waals surface area contributed by atoms with Gasteiger partial charge in [-0.1, -0.05) is 50.1 Å². The quantitative estimate of drug-likeness (QED) is 0.618. The lowest BCUT2D eigenvalue weighted by Crippen LogP contribution is -2.47. The van der Waals surface area contributed by atoms with Crippen LogP contribution in [0, 0.1) is 29.6 Å². The third kappa shape index (κ3) is 2.56. The molecule has 1 aromatic carbocycles. The van der Waals surface area contributed by atoms with E-state index in [9.17, 15) is 0 Å². The zero-order valence-electron chi connectivity index (χ0n) is 13.5. The van der Waals surface area contributed by atoms with Gasteiger partial charge in [-0.25, -0.2) is 0 Å². The van der Waals surface area contributed by atoms with E-state index in [1.54, 1.807) is 37.7 Å². The summed E-state index contributed by atoms with van der Waals surface area (Å²) < 4.78 is 0. The minimum atomic E-state index is 0.848. The molecular formula is C21H30. The van der Waals surface area contributed by atoms with Gasteiger partial charge in [-0.05, 0) is 79.6 Å². The van der Waals surface area contributed by atoms with Crippen molar-refractivity contribution in [3.05, 3.63) is 35.9 Å². The molecule has 4 aliphatic carbocycles. The number of hydrogen-bond donors (Lipinski definition) is 0. The highest BCUT2D eigenvalue weighted by Gasteiger charge is 2.50. The molecule has 0 saturated heterocycles. The Balaban J connectivity index is 1.61. The number of unbranched alkanes of at least 4 members (excludes halogenated alkanes) is 1. The van der Waals surface area contributed by atoms with Crippen LogP contribution < -0.4 is 0 Å². The molecule has 4 bridgehead atoms. The van der Waals surface area contributed by atoms with Crippen LogP contribution in [-0.2, 0) is 0 Å². The first-order chi connectivity index (χ1) is 10.3. The molecule has 4 aliphatic rings. The molecule has 0 radical (unpaired) electrons. The van der Waals surface area contributed by atoms with Gasteiger partial charge in [0, 0.05) is 0 Å². The molecule has 4 saturated carbocycles. The van der Waals surface area contributed by atoms with Crippen LogP contribution in [0.1, 0.15) is 69.8 Å². The van der Waals surface area contributed by atoms with E-state index < -0.39 is 0 Å². The highest BCUT2D eigenvalue weighted by Crippen LogP contribution is 2.60. The Hall–Kier alpha value is -0.780. The Morgan fingerprint density at radius 3 is 2.10 bits per heavy atom. The Bertz CT molecular complexity index is 432. The van der Waals surface area contributed by atoms with Crippen LogP contribution in [0.4, 0.5) is 0 Å². The van der Waals surface area contributed by atoms with Crippen LogP contribution in [0.2, 0.25) is 0 Å². The molecule has 0 aliphatic heterocycles. The molecule has 1 atom stereocenters. The van der Waals surface area contributed by atoms with Crippen molar-refractivity contribution in [3.63, 3.8) is 0 Å². The Morgan fingerprint density at radius 2 is 1.52 bits per heavy atom. The lowest BCUT2D eigenvalue weighted by atomic mass is 9.49. The minimum absolute atomic E-state index is 0.848. The maximum atomic E-state index is 2.41. The Kier molecular flexibility index (Phi) is 3.81. The van der Waals surface area contributed by atoms with Gasteiger partial charge in [0.1, 0.15) is 0 Å². The largest absolute Gasteiger partial charge is 0.0654 e. The summed E-state index contributed by atoms with van der Waals surface area (Å²) in [6.07, 6.45) is 12.0. The van der Waals surface area contributed by atoms with Crippen molar-refractivity contribution >= 4 is 0 Å². The zero-order valence-corrected chi connectivity index (χ0v) is 13.5. The third-order valence-electron chi connectivity index (χ3n) is 6.86. The van der Waals surface area contributed by atoms with Crippen LogP contribution >= 0.6 is 0 Å². The standard InChI is InChI=1S/C21H30/c1-2-3-9-20(17-7-5-4-6-8-17)21-18-11-15-10-16(13-18)14-19(21)12-15/h4-8,15-16,18-21H,2-3,9-14H2,1H3. The molecule has 1 unspecified atom stereocenters. The lowest BCUT2D eigenvalue weighted by molar-refractivity contribution is -0.0492. The summed E-state index contributed by atoms with van der Waals surface area (Å²) in [7, 11) is 0. The van der Waals surface area contributed by atoms with Gasteiger partial charge in [-0.15, -0.1) is 0 Å². The molecule has 114 valence electrons. The monoisotopic (exact) mass is 282 g/mol. The summed E-state index contributed by atoms with van der Waals surface area (Å²) in [5.74, 6) is 6.18. The Morgan fingerprint density at radius 1 is 0.905 bits per heavy atom. The van der Waals surface area contributed by atoms with Crippen molar-refractivity contribution < 1.29 is 0 Å². The molecular weight excluding hydrogens is 252 g/mol. The molecule has 1 aromatic rings. The first-order valence-corrected chi connectivity index (χ1v) is 9.40. The maximum absolute atomic E-state index is 2.41. The van der Waals surface area contributed by atoms with Crippen molar-refractivity contribution in [1.29, 1.82) is 0 Å². The fourth-order valence-corrected chi connectivity index (χ4v) is 6.33. The van der Waals surface area contributed by atoms with E-state index in [1.165, 1.54) is 19.3 Å². The second-order valence-corrected chi connectivity index (χ2v) is 8.17. The van der Waals surface area contributed by atoms with Crippen LogP contribution in [0.3, 0.4) is 0 Å². The predicted molar refractivity (Wildman–Crippen MR) is 89.2 cm³/mol. The third-order valence-corrected chi connectivity index (χ3v) is 6.86. The molecule has 0 heterocycles. The van der Waals surface area contributed by atoms with E-state index in [2.05, 4.69) is 37.3 Å². The summed E-state index contributed by atoms with van der Waals surface area (Å²) in [6, 6.07) is 11.5. The fourth-order valence-electron chi connectivity index (χ4n) is 6.33. The molecule has 0 amide bonds. The van der Waals surface area contributed by atoms with E-state index in [0.717, 1.165) is 35.5 Å². The second-order valence-electron chi connectivity index (χ2n) is 8.17. The van der Waals surface area contributed by atoms with Gasteiger partial charge in [0.05, 0.1) is 0 Å². The van der Waals surface area contributed by atoms with Gasteiger partial charge >= 0.3 is 0 Å². The van der Waals surface area contributed by atoms with Gasteiger partial charge in [-0.3, -0.25) is 0 Å². The van der Waals surface area contributed by atoms with Crippen LogP contribution in [0.15, 0.2) is 30.3 Å². The summed E-state index contributed by atoms with van der Waals surface area (Å²) in [5.41, 5.74) is 1.64. The van der Waals surface area contributed by atoms with Crippen LogP contribution in [-0.4, -0.2) is 0 Å². The Labute approximate surface area is 130 Å². The summed E-state index contributed by atoms with van der Waals surface area (Å²) in [6.45, 7) is 2.35. The highest BCUT2D eigenvalue weighted by atomic mass is 14.5. The van der Waals surface area contributed by atoms with E-state index in [-0.39, 0.29) is 0 Å². The van der Waals surface area contributed by atoms with Crippen LogP contribution in [0.5, 0.6) is 0 Å². The van der Waals surface area contributed by atoms with Gasteiger partial charge in [-0.2, -0.15) is 0 Å². The zero-order chi connectivity index (χ0) is 14.2. The molecule has 5 rings (SSSR count). The first kappa shape index (κ1) is 13.9. The van der Waals surface area contributed by atoms with Crippen LogP contribution in [0.25, 0.3) is 0 Å². The minimum Gasteiger partial charge on any atom is -0.0654 e. The highest BCUT2D eigenvalue weighted by molar-refractivity contribution is 5.22. The molecule has 0 aromatic heterocycles. The van der Waals surface area contributed by atoms with Crippen molar-refractivity contribution in [3.8, 4) is 0 Å². The van der Waals surface area contributed by atoms with E-state index in [4.69, 9.17) is 0 Å². The number of rotatable bonds is 5. The van der Waals surface area contributed by atoms with Crippen molar-refractivity contribution in [1.82, 2.24) is 0 Å². The van der Waals surface area contributed by atoms with E-state index in [0.29, 0.717) is 0 Å². The summed E-state index contributed by atoms with van der Waals surface area (Å²) in [5, 5.41) is 0. The average Bonchev–Trinajstić information content (AvgIpc) is 2.50. The first-order valence-electron chi connectivity index (χ1n) is 9.40. The summed E-state index contributed by atoms with van der Waals surface area (Å²) >= 11 is 0. The number of hydrogen-bond acceptors (Lipinski definition) is 0. The molecule has 21 heavy (non-hydrogen) atoms. The smallest absolute Gasteiger partial charge is 0.0128 e. The maximum Gasteiger partial charge on any atom is -0.0128 e. The van der Waals surface area contributed by atoms with E-state index in [1.807, 2.05) is 0 Å². The van der Waals surface area contributed by atoms with Gasteiger partial charge in [0.25, 0.3) is 0 Å². The van der Waals surface area contributed by atoms with E-state index >= 15 is 0 Å². The van der Waals surface area contributed by atoms with Gasteiger partial charge in [0.2, 0.25) is 0 Å². The molecule has 0 heteroatoms. The molecule has 0 nitrogen and oxygen atoms in total. The van der Waals surface area contributed by atoms with Crippen molar-refractivity contribution in [2.75, 3.05) is 0 Å². The van der Waals surface area contributed by atoms with Gasteiger partial charge in [0.15, 0.2) is 0 Å². The normalized spacial score (nSPS) is 38.6. The topological polar surface area (TPSA) is 0 Å². The summed E-state index contributed by atoms with van der Waals surface area (Å²) in [4.78, 5) is 0. The number of benzene rings is 1. The molecule has 0 spiro atoms. The predicted octanol–water partition coefficient (Wildman–Crippen LogP) is 6.03. The SMILES string of the molecule is CCCCC(c1ccccc1)C1C2CC3CC(C2)CC1C3. The van der Waals surface area contributed by atoms with Crippen molar-refractivity contribution in [2.45, 2.75) is 64.2 Å².